The monoisotopic (exact) mass is 215 g/mol. The fourth-order valence-electron chi connectivity index (χ4n) is 1.82. The molecule has 0 unspecified atom stereocenters. The van der Waals surface area contributed by atoms with Crippen LogP contribution in [0.4, 0.5) is 5.69 Å². The van der Waals surface area contributed by atoms with Crippen LogP contribution in [0.5, 0.6) is 5.75 Å². The highest BCUT2D eigenvalue weighted by atomic mass is 16.5. The molecule has 0 saturated carbocycles. The van der Waals surface area contributed by atoms with Gasteiger partial charge >= 0.3 is 0 Å². The van der Waals surface area contributed by atoms with Crippen molar-refractivity contribution < 1.29 is 9.53 Å². The standard InChI is InChI=1S/C13H13NO2/c1-2-10-16-12-7-4-3-6-11(12)14-9-5-8-13(14)15/h1,3-4,6-7H,5,8-10H2. The number of para-hydroxylation sites is 2. The summed E-state index contributed by atoms with van der Waals surface area (Å²) >= 11 is 0. The molecular formula is C13H13NO2. The van der Waals surface area contributed by atoms with Crippen LogP contribution in [-0.4, -0.2) is 19.1 Å². The summed E-state index contributed by atoms with van der Waals surface area (Å²) in [4.78, 5) is 13.4. The van der Waals surface area contributed by atoms with Crippen molar-refractivity contribution in [3.05, 3.63) is 24.3 Å². The first kappa shape index (κ1) is 10.6. The normalized spacial score (nSPS) is 14.9. The van der Waals surface area contributed by atoms with E-state index in [-0.39, 0.29) is 12.5 Å². The molecule has 2 rings (SSSR count). The molecule has 1 aromatic carbocycles. The van der Waals surface area contributed by atoms with Crippen LogP contribution in [0.3, 0.4) is 0 Å². The molecule has 1 aliphatic rings. The van der Waals surface area contributed by atoms with Crippen molar-refractivity contribution in [3.8, 4) is 18.1 Å². The maximum Gasteiger partial charge on any atom is 0.227 e. The van der Waals surface area contributed by atoms with Gasteiger partial charge in [-0.15, -0.1) is 6.42 Å². The highest BCUT2D eigenvalue weighted by molar-refractivity contribution is 5.96. The lowest BCUT2D eigenvalue weighted by Crippen LogP contribution is -2.24. The van der Waals surface area contributed by atoms with Gasteiger partial charge in [0.2, 0.25) is 5.91 Å². The van der Waals surface area contributed by atoms with Gasteiger partial charge in [0.15, 0.2) is 0 Å². The number of amides is 1. The van der Waals surface area contributed by atoms with Crippen LogP contribution in [0.2, 0.25) is 0 Å². The van der Waals surface area contributed by atoms with Gasteiger partial charge in [-0.3, -0.25) is 4.79 Å². The van der Waals surface area contributed by atoms with Crippen LogP contribution in [0.1, 0.15) is 12.8 Å². The number of nitrogens with zero attached hydrogens (tertiary/aromatic N) is 1. The van der Waals surface area contributed by atoms with Crippen LogP contribution in [0, 0.1) is 12.3 Å². The topological polar surface area (TPSA) is 29.5 Å². The van der Waals surface area contributed by atoms with Gasteiger partial charge in [0.25, 0.3) is 0 Å². The Balaban J connectivity index is 2.25. The smallest absolute Gasteiger partial charge is 0.227 e. The number of rotatable bonds is 3. The minimum absolute atomic E-state index is 0.150. The highest BCUT2D eigenvalue weighted by Crippen LogP contribution is 2.30. The number of anilines is 1. The van der Waals surface area contributed by atoms with Gasteiger partial charge in [-0.1, -0.05) is 18.1 Å². The fraction of sp³-hybridized carbons (Fsp3) is 0.308. The molecule has 0 aromatic heterocycles. The van der Waals surface area contributed by atoms with E-state index in [1.807, 2.05) is 24.3 Å². The average molecular weight is 215 g/mol. The van der Waals surface area contributed by atoms with Crippen molar-refractivity contribution in [1.29, 1.82) is 0 Å². The fourth-order valence-corrected chi connectivity index (χ4v) is 1.82. The summed E-state index contributed by atoms with van der Waals surface area (Å²) in [5.74, 6) is 3.25. The number of carbonyl (C=O) groups is 1. The molecule has 0 aliphatic carbocycles. The number of ether oxygens (including phenoxy) is 1. The number of carbonyl (C=O) groups excluding carboxylic acids is 1. The van der Waals surface area contributed by atoms with Crippen molar-refractivity contribution in [2.75, 3.05) is 18.1 Å². The van der Waals surface area contributed by atoms with Gasteiger partial charge in [-0.25, -0.2) is 0 Å². The minimum atomic E-state index is 0.150. The SMILES string of the molecule is C#CCOc1ccccc1N1CCCC1=O. The molecule has 3 nitrogen and oxygen atoms in total. The van der Waals surface area contributed by atoms with Crippen molar-refractivity contribution in [1.82, 2.24) is 0 Å². The predicted octanol–water partition coefficient (Wildman–Crippen LogP) is 1.83. The molecule has 0 spiro atoms. The number of hydrogen-bond donors (Lipinski definition) is 0. The Morgan fingerprint density at radius 1 is 1.44 bits per heavy atom. The predicted molar refractivity (Wildman–Crippen MR) is 62.4 cm³/mol. The van der Waals surface area contributed by atoms with E-state index in [1.54, 1.807) is 4.90 Å². The second-order valence-corrected chi connectivity index (χ2v) is 3.61. The summed E-state index contributed by atoms with van der Waals surface area (Å²) in [5, 5.41) is 0. The lowest BCUT2D eigenvalue weighted by atomic mass is 10.2. The number of benzene rings is 1. The lowest BCUT2D eigenvalue weighted by molar-refractivity contribution is -0.117. The van der Waals surface area contributed by atoms with Crippen molar-refractivity contribution in [3.63, 3.8) is 0 Å². The summed E-state index contributed by atoms with van der Waals surface area (Å²) in [6, 6.07) is 7.48. The van der Waals surface area contributed by atoms with Gasteiger partial charge in [0.1, 0.15) is 12.4 Å². The summed E-state index contributed by atoms with van der Waals surface area (Å²) in [5.41, 5.74) is 0.820. The molecule has 3 heteroatoms. The second kappa shape index (κ2) is 4.71. The molecule has 1 aromatic rings. The molecule has 0 N–H and O–H groups in total. The quantitative estimate of drug-likeness (QED) is 0.720. The van der Waals surface area contributed by atoms with Crippen LogP contribution < -0.4 is 9.64 Å². The van der Waals surface area contributed by atoms with E-state index in [1.165, 1.54) is 0 Å². The van der Waals surface area contributed by atoms with Gasteiger partial charge < -0.3 is 9.64 Å². The summed E-state index contributed by atoms with van der Waals surface area (Å²) in [6.07, 6.45) is 6.67. The molecule has 1 aliphatic heterocycles. The molecule has 16 heavy (non-hydrogen) atoms. The molecule has 82 valence electrons. The van der Waals surface area contributed by atoms with Gasteiger partial charge in [0.05, 0.1) is 5.69 Å². The molecular weight excluding hydrogens is 202 g/mol. The zero-order valence-corrected chi connectivity index (χ0v) is 8.98. The Morgan fingerprint density at radius 2 is 2.25 bits per heavy atom. The third-order valence-corrected chi connectivity index (χ3v) is 2.54. The Hall–Kier alpha value is -1.95. The molecule has 0 radical (unpaired) electrons. The average Bonchev–Trinajstić information content (AvgIpc) is 2.73. The third-order valence-electron chi connectivity index (χ3n) is 2.54. The van der Waals surface area contributed by atoms with Crippen molar-refractivity contribution >= 4 is 11.6 Å². The van der Waals surface area contributed by atoms with E-state index >= 15 is 0 Å². The number of terminal acetylenes is 1. The zero-order chi connectivity index (χ0) is 11.4. The first-order chi connectivity index (χ1) is 7.83. The van der Waals surface area contributed by atoms with Crippen LogP contribution in [0.25, 0.3) is 0 Å². The van der Waals surface area contributed by atoms with Crippen molar-refractivity contribution in [2.45, 2.75) is 12.8 Å². The maximum absolute atomic E-state index is 11.6. The largest absolute Gasteiger partial charge is 0.479 e. The van der Waals surface area contributed by atoms with E-state index in [2.05, 4.69) is 5.92 Å². The molecule has 1 fully saturated rings. The van der Waals surface area contributed by atoms with E-state index < -0.39 is 0 Å². The number of hydrogen-bond acceptors (Lipinski definition) is 2. The highest BCUT2D eigenvalue weighted by Gasteiger charge is 2.23. The maximum atomic E-state index is 11.6. The summed E-state index contributed by atoms with van der Waals surface area (Å²) in [7, 11) is 0. The Labute approximate surface area is 95.0 Å². The molecule has 1 heterocycles. The van der Waals surface area contributed by atoms with Crippen LogP contribution in [0.15, 0.2) is 24.3 Å². The Morgan fingerprint density at radius 3 is 2.94 bits per heavy atom. The molecule has 1 saturated heterocycles. The van der Waals surface area contributed by atoms with Gasteiger partial charge in [0, 0.05) is 13.0 Å². The Bertz CT molecular complexity index is 434. The van der Waals surface area contributed by atoms with Crippen molar-refractivity contribution in [2.24, 2.45) is 0 Å². The summed E-state index contributed by atoms with van der Waals surface area (Å²) in [6.45, 7) is 0.980. The van der Waals surface area contributed by atoms with E-state index in [0.29, 0.717) is 12.2 Å². The minimum Gasteiger partial charge on any atom is -0.479 e. The second-order valence-electron chi connectivity index (χ2n) is 3.61. The molecule has 1 amide bonds. The molecule has 0 atom stereocenters. The first-order valence-electron chi connectivity index (χ1n) is 5.28. The van der Waals surface area contributed by atoms with E-state index in [4.69, 9.17) is 11.2 Å². The zero-order valence-electron chi connectivity index (χ0n) is 8.98. The van der Waals surface area contributed by atoms with E-state index in [0.717, 1.165) is 18.7 Å². The molecule has 0 bridgehead atoms. The Kier molecular flexibility index (Phi) is 3.11. The first-order valence-corrected chi connectivity index (χ1v) is 5.28. The third kappa shape index (κ3) is 2.01. The van der Waals surface area contributed by atoms with Gasteiger partial charge in [-0.05, 0) is 18.6 Å². The van der Waals surface area contributed by atoms with E-state index in [9.17, 15) is 4.79 Å². The summed E-state index contributed by atoms with van der Waals surface area (Å²) < 4.78 is 5.42. The van der Waals surface area contributed by atoms with Crippen LogP contribution >= 0.6 is 0 Å². The van der Waals surface area contributed by atoms with Gasteiger partial charge in [-0.2, -0.15) is 0 Å². The lowest BCUT2D eigenvalue weighted by Gasteiger charge is -2.18. The van der Waals surface area contributed by atoms with Crippen LogP contribution in [-0.2, 0) is 4.79 Å².